The van der Waals surface area contributed by atoms with Crippen molar-refractivity contribution in [2.45, 2.75) is 39.8 Å². The summed E-state index contributed by atoms with van der Waals surface area (Å²) < 4.78 is 27.7. The van der Waals surface area contributed by atoms with Gasteiger partial charge in [0.2, 0.25) is 0 Å². The molecule has 0 atom stereocenters. The molecule has 4 aromatic carbocycles. The van der Waals surface area contributed by atoms with Crippen LogP contribution in [0.4, 0.5) is 14.5 Å². The fraction of sp³-hybridized carbons (Fsp3) is 0.250. The Morgan fingerprint density at radius 2 is 1.54 bits per heavy atom. The molecule has 1 N–H and O–H groups in total. The highest BCUT2D eigenvalue weighted by molar-refractivity contribution is 6.11. The number of nitrogens with one attached hydrogen (secondary N) is 1. The Balaban J connectivity index is 1.24. The van der Waals surface area contributed by atoms with E-state index in [1.54, 1.807) is 24.3 Å². The van der Waals surface area contributed by atoms with E-state index in [2.05, 4.69) is 47.6 Å². The van der Waals surface area contributed by atoms with Gasteiger partial charge in [-0.2, -0.15) is 0 Å². The summed E-state index contributed by atoms with van der Waals surface area (Å²) in [7, 11) is 0. The average Bonchev–Trinajstić information content (AvgIpc) is 2.96. The molecule has 1 aliphatic rings. The van der Waals surface area contributed by atoms with Gasteiger partial charge in [-0.25, -0.2) is 8.78 Å². The molecule has 210 valence electrons. The van der Waals surface area contributed by atoms with Gasteiger partial charge >= 0.3 is 0 Å². The highest BCUT2D eigenvalue weighted by Crippen LogP contribution is 2.33. The summed E-state index contributed by atoms with van der Waals surface area (Å²) in [6.07, 6.45) is 2.01. The van der Waals surface area contributed by atoms with E-state index in [-0.39, 0.29) is 11.6 Å². The Morgan fingerprint density at radius 3 is 2.22 bits per heavy atom. The van der Waals surface area contributed by atoms with Gasteiger partial charge in [0.25, 0.3) is 0 Å². The number of para-hydroxylation sites is 1. The molecule has 5 rings (SSSR count). The van der Waals surface area contributed by atoms with Crippen LogP contribution in [0.25, 0.3) is 0 Å². The van der Waals surface area contributed by atoms with Crippen LogP contribution in [0.2, 0.25) is 0 Å². The van der Waals surface area contributed by atoms with Crippen molar-refractivity contribution in [1.29, 1.82) is 5.41 Å². The minimum atomic E-state index is -0.330. The van der Waals surface area contributed by atoms with Gasteiger partial charge in [-0.3, -0.25) is 10.3 Å². The van der Waals surface area contributed by atoms with Crippen LogP contribution < -0.4 is 4.90 Å². The molecule has 1 fully saturated rings. The molecule has 0 amide bonds. The van der Waals surface area contributed by atoms with Crippen molar-refractivity contribution >= 4 is 11.4 Å². The van der Waals surface area contributed by atoms with Gasteiger partial charge in [0, 0.05) is 41.5 Å². The summed E-state index contributed by atoms with van der Waals surface area (Å²) in [5.41, 5.74) is 8.27. The molecule has 0 unspecified atom stereocenters. The summed E-state index contributed by atoms with van der Waals surface area (Å²) >= 11 is 0. The third kappa shape index (κ3) is 6.80. The molecule has 3 nitrogen and oxygen atoms in total. The van der Waals surface area contributed by atoms with E-state index in [0.717, 1.165) is 60.6 Å². The summed E-state index contributed by atoms with van der Waals surface area (Å²) in [6, 6.07) is 27.6. The Labute approximate surface area is 242 Å². The molecule has 5 heteroatoms. The van der Waals surface area contributed by atoms with Crippen molar-refractivity contribution < 1.29 is 8.78 Å². The highest BCUT2D eigenvalue weighted by atomic mass is 19.1. The van der Waals surface area contributed by atoms with E-state index in [0.29, 0.717) is 23.7 Å². The second-order valence-electron chi connectivity index (χ2n) is 11.1. The van der Waals surface area contributed by atoms with Crippen LogP contribution in [0.5, 0.6) is 0 Å². The van der Waals surface area contributed by atoms with Gasteiger partial charge in [0.15, 0.2) is 0 Å². The SMILES string of the molecule is C=C(C1CCN(Cc2ccc(C(=N)c3cccc(F)c3)c(C)c2)CC1)N(Cc1cccc(F)c1)c1ccccc1C. The molecule has 1 heterocycles. The normalized spacial score (nSPS) is 14.1. The maximum absolute atomic E-state index is 14.0. The summed E-state index contributed by atoms with van der Waals surface area (Å²) in [5, 5.41) is 8.58. The first-order chi connectivity index (χ1) is 19.8. The van der Waals surface area contributed by atoms with Gasteiger partial charge in [0.05, 0.1) is 5.71 Å². The van der Waals surface area contributed by atoms with E-state index in [9.17, 15) is 8.78 Å². The van der Waals surface area contributed by atoms with Crippen LogP contribution in [-0.4, -0.2) is 23.7 Å². The topological polar surface area (TPSA) is 30.3 Å². The Hall–Kier alpha value is -4.09. The van der Waals surface area contributed by atoms with E-state index in [4.69, 9.17) is 5.41 Å². The zero-order chi connectivity index (χ0) is 28.9. The number of benzene rings is 4. The zero-order valence-electron chi connectivity index (χ0n) is 23.8. The molecule has 1 aliphatic heterocycles. The zero-order valence-corrected chi connectivity index (χ0v) is 23.8. The van der Waals surface area contributed by atoms with E-state index in [1.165, 1.54) is 29.3 Å². The number of likely N-dealkylation sites (tertiary alicyclic amines) is 1. The molecular weight excluding hydrogens is 512 g/mol. The van der Waals surface area contributed by atoms with Crippen molar-refractivity contribution in [3.8, 4) is 0 Å². The first-order valence-corrected chi connectivity index (χ1v) is 14.2. The van der Waals surface area contributed by atoms with Gasteiger partial charge in [-0.05, 0) is 92.4 Å². The lowest BCUT2D eigenvalue weighted by atomic mass is 9.91. The Morgan fingerprint density at radius 1 is 0.829 bits per heavy atom. The van der Waals surface area contributed by atoms with Crippen LogP contribution in [0.15, 0.2) is 103 Å². The summed E-state index contributed by atoms with van der Waals surface area (Å²) in [5.74, 6) is -0.209. The first kappa shape index (κ1) is 28.4. The average molecular weight is 550 g/mol. The largest absolute Gasteiger partial charge is 0.341 e. The fourth-order valence-electron chi connectivity index (χ4n) is 5.83. The predicted molar refractivity (Wildman–Crippen MR) is 164 cm³/mol. The number of anilines is 1. The molecule has 0 saturated carbocycles. The second kappa shape index (κ2) is 12.6. The number of piperidine rings is 1. The molecule has 0 radical (unpaired) electrons. The molecule has 0 aliphatic carbocycles. The molecule has 4 aromatic rings. The number of nitrogens with zero attached hydrogens (tertiary/aromatic N) is 2. The van der Waals surface area contributed by atoms with Crippen LogP contribution in [0.1, 0.15) is 46.2 Å². The minimum absolute atomic E-state index is 0.222. The number of rotatable bonds is 9. The molecule has 0 spiro atoms. The van der Waals surface area contributed by atoms with Crippen LogP contribution >= 0.6 is 0 Å². The summed E-state index contributed by atoms with van der Waals surface area (Å²) in [6.45, 7) is 12.0. The lowest BCUT2D eigenvalue weighted by molar-refractivity contribution is 0.190. The standard InChI is InChI=1S/C36H37F2N3/c1-25-8-4-5-13-35(25)41(24-28-9-6-11-32(37)21-28)27(3)30-16-18-40(19-17-30)23-29-14-15-34(26(2)20-29)36(39)31-10-7-12-33(38)22-31/h4-15,20-22,30,39H,3,16-19,23-24H2,1-2H3. The van der Waals surface area contributed by atoms with E-state index < -0.39 is 0 Å². The second-order valence-corrected chi connectivity index (χ2v) is 11.1. The van der Waals surface area contributed by atoms with Crippen molar-refractivity contribution in [3.63, 3.8) is 0 Å². The number of aryl methyl sites for hydroxylation is 2. The molecule has 1 saturated heterocycles. The van der Waals surface area contributed by atoms with E-state index in [1.807, 2.05) is 31.2 Å². The van der Waals surface area contributed by atoms with E-state index >= 15 is 0 Å². The van der Waals surface area contributed by atoms with Crippen LogP contribution in [0, 0.1) is 36.8 Å². The molecule has 41 heavy (non-hydrogen) atoms. The first-order valence-electron chi connectivity index (χ1n) is 14.2. The summed E-state index contributed by atoms with van der Waals surface area (Å²) in [4.78, 5) is 4.74. The third-order valence-electron chi connectivity index (χ3n) is 8.12. The lowest BCUT2D eigenvalue weighted by Gasteiger charge is -2.38. The van der Waals surface area contributed by atoms with Gasteiger partial charge in [-0.1, -0.05) is 67.2 Å². The maximum atomic E-state index is 14.0. The molecule has 0 aromatic heterocycles. The highest BCUT2D eigenvalue weighted by Gasteiger charge is 2.26. The number of allylic oxidation sites excluding steroid dienone is 1. The monoisotopic (exact) mass is 549 g/mol. The maximum Gasteiger partial charge on any atom is 0.123 e. The Kier molecular flexibility index (Phi) is 8.75. The van der Waals surface area contributed by atoms with Gasteiger partial charge in [-0.15, -0.1) is 0 Å². The van der Waals surface area contributed by atoms with Crippen molar-refractivity contribution in [1.82, 2.24) is 4.90 Å². The van der Waals surface area contributed by atoms with Gasteiger partial charge < -0.3 is 4.90 Å². The lowest BCUT2D eigenvalue weighted by Crippen LogP contribution is -2.37. The van der Waals surface area contributed by atoms with Crippen molar-refractivity contribution in [3.05, 3.63) is 148 Å². The smallest absolute Gasteiger partial charge is 0.123 e. The molecular formula is C36H37F2N3. The minimum Gasteiger partial charge on any atom is -0.341 e. The van der Waals surface area contributed by atoms with Gasteiger partial charge in [0.1, 0.15) is 11.6 Å². The quantitative estimate of drug-likeness (QED) is 0.212. The Bertz CT molecular complexity index is 1550. The molecule has 0 bridgehead atoms. The van der Waals surface area contributed by atoms with Crippen molar-refractivity contribution in [2.75, 3.05) is 18.0 Å². The third-order valence-corrected chi connectivity index (χ3v) is 8.12. The number of hydrogen-bond donors (Lipinski definition) is 1. The van der Waals surface area contributed by atoms with Crippen LogP contribution in [0.3, 0.4) is 0 Å². The predicted octanol–water partition coefficient (Wildman–Crippen LogP) is 8.43. The number of hydrogen-bond acceptors (Lipinski definition) is 3. The van der Waals surface area contributed by atoms with Crippen LogP contribution in [-0.2, 0) is 13.1 Å². The van der Waals surface area contributed by atoms with Crippen molar-refractivity contribution in [2.24, 2.45) is 5.92 Å². The fourth-order valence-corrected chi connectivity index (χ4v) is 5.83. The number of halogens is 2.